The average molecular weight is 392 g/mol. The summed E-state index contributed by atoms with van der Waals surface area (Å²) in [6.45, 7) is 0. The monoisotopic (exact) mass is 392 g/mol. The molecule has 0 aliphatic carbocycles. The van der Waals surface area contributed by atoms with Crippen LogP contribution in [-0.4, -0.2) is 35.3 Å². The van der Waals surface area contributed by atoms with Gasteiger partial charge in [0.2, 0.25) is 0 Å². The Labute approximate surface area is 157 Å². The van der Waals surface area contributed by atoms with Gasteiger partial charge in [-0.2, -0.15) is 18.3 Å². The van der Waals surface area contributed by atoms with Gasteiger partial charge in [0, 0.05) is 5.56 Å². The highest BCUT2D eigenvalue weighted by Crippen LogP contribution is 2.32. The first kappa shape index (κ1) is 19.2. The molecule has 0 saturated heterocycles. The van der Waals surface area contributed by atoms with Gasteiger partial charge in [0.15, 0.2) is 11.5 Å². The molecule has 0 spiro atoms. The first-order chi connectivity index (χ1) is 13.3. The van der Waals surface area contributed by atoms with Gasteiger partial charge in [-0.1, -0.05) is 0 Å². The number of pyridine rings is 1. The third kappa shape index (κ3) is 4.05. The molecule has 10 heteroatoms. The summed E-state index contributed by atoms with van der Waals surface area (Å²) >= 11 is 0. The SMILES string of the molecule is COc1ccc(-c2cc(C(=O)Nc3ccc(C(F)(F)F)nc3)[nH]n2)cc1OC. The van der Waals surface area contributed by atoms with E-state index >= 15 is 0 Å². The third-order valence-corrected chi connectivity index (χ3v) is 3.81. The number of carbonyl (C=O) groups excluding carboxylic acids is 1. The van der Waals surface area contributed by atoms with Crippen LogP contribution in [0, 0.1) is 0 Å². The van der Waals surface area contributed by atoms with Crippen molar-refractivity contribution in [2.75, 3.05) is 19.5 Å². The minimum Gasteiger partial charge on any atom is -0.493 e. The molecule has 28 heavy (non-hydrogen) atoms. The summed E-state index contributed by atoms with van der Waals surface area (Å²) in [5.41, 5.74) is 0.383. The van der Waals surface area contributed by atoms with Crippen molar-refractivity contribution in [3.63, 3.8) is 0 Å². The molecule has 2 heterocycles. The van der Waals surface area contributed by atoms with Gasteiger partial charge in [0.1, 0.15) is 11.4 Å². The van der Waals surface area contributed by atoms with Gasteiger partial charge in [-0.05, 0) is 36.4 Å². The van der Waals surface area contributed by atoms with Crippen LogP contribution in [0.15, 0.2) is 42.6 Å². The van der Waals surface area contributed by atoms with E-state index in [9.17, 15) is 18.0 Å². The highest BCUT2D eigenvalue weighted by molar-refractivity contribution is 6.03. The van der Waals surface area contributed by atoms with Gasteiger partial charge in [-0.3, -0.25) is 9.89 Å². The fraction of sp³-hybridized carbons (Fsp3) is 0.167. The number of alkyl halides is 3. The third-order valence-electron chi connectivity index (χ3n) is 3.81. The quantitative estimate of drug-likeness (QED) is 0.690. The molecule has 2 N–H and O–H groups in total. The van der Waals surface area contributed by atoms with Gasteiger partial charge in [0.25, 0.3) is 5.91 Å². The van der Waals surface area contributed by atoms with E-state index in [-0.39, 0.29) is 11.4 Å². The summed E-state index contributed by atoms with van der Waals surface area (Å²) in [6, 6.07) is 8.58. The highest BCUT2D eigenvalue weighted by atomic mass is 19.4. The van der Waals surface area contributed by atoms with Gasteiger partial charge < -0.3 is 14.8 Å². The van der Waals surface area contributed by atoms with Crippen molar-refractivity contribution in [2.24, 2.45) is 0 Å². The number of H-pyrrole nitrogens is 1. The molecule has 0 saturated carbocycles. The van der Waals surface area contributed by atoms with Gasteiger partial charge in [0.05, 0.1) is 31.8 Å². The number of nitrogens with one attached hydrogen (secondary N) is 2. The number of ether oxygens (including phenoxy) is 2. The van der Waals surface area contributed by atoms with E-state index in [1.807, 2.05) is 0 Å². The molecular weight excluding hydrogens is 377 g/mol. The molecule has 0 bridgehead atoms. The molecule has 0 unspecified atom stereocenters. The number of aromatic nitrogens is 3. The van der Waals surface area contributed by atoms with Crippen molar-refractivity contribution in [2.45, 2.75) is 6.18 Å². The largest absolute Gasteiger partial charge is 0.493 e. The fourth-order valence-corrected chi connectivity index (χ4v) is 2.42. The molecule has 146 valence electrons. The number of aromatic amines is 1. The first-order valence-corrected chi connectivity index (χ1v) is 7.94. The second kappa shape index (κ2) is 7.59. The topological polar surface area (TPSA) is 89.1 Å². The molecule has 2 aromatic heterocycles. The molecule has 0 aliphatic rings. The van der Waals surface area contributed by atoms with Gasteiger partial charge >= 0.3 is 6.18 Å². The smallest absolute Gasteiger partial charge is 0.433 e. The minimum absolute atomic E-state index is 0.125. The van der Waals surface area contributed by atoms with Crippen LogP contribution in [0.3, 0.4) is 0 Å². The summed E-state index contributed by atoms with van der Waals surface area (Å²) in [4.78, 5) is 15.6. The number of methoxy groups -OCH3 is 2. The zero-order chi connectivity index (χ0) is 20.3. The van der Waals surface area contributed by atoms with Crippen LogP contribution in [0.25, 0.3) is 11.3 Å². The minimum atomic E-state index is -4.54. The number of benzene rings is 1. The first-order valence-electron chi connectivity index (χ1n) is 7.94. The summed E-state index contributed by atoms with van der Waals surface area (Å²) in [6.07, 6.45) is -3.60. The molecule has 7 nitrogen and oxygen atoms in total. The Morgan fingerprint density at radius 2 is 1.82 bits per heavy atom. The van der Waals surface area contributed by atoms with Crippen molar-refractivity contribution < 1.29 is 27.4 Å². The molecular formula is C18H15F3N4O3. The Balaban J connectivity index is 1.75. The van der Waals surface area contributed by atoms with Crippen LogP contribution in [0.2, 0.25) is 0 Å². The Kier molecular flexibility index (Phi) is 5.21. The summed E-state index contributed by atoms with van der Waals surface area (Å²) in [5, 5.41) is 9.13. The maximum atomic E-state index is 12.5. The average Bonchev–Trinajstić information content (AvgIpc) is 3.17. The Bertz CT molecular complexity index is 984. The number of rotatable bonds is 5. The number of carbonyl (C=O) groups is 1. The van der Waals surface area contributed by atoms with Crippen molar-refractivity contribution in [3.05, 3.63) is 54.0 Å². The van der Waals surface area contributed by atoms with E-state index in [4.69, 9.17) is 9.47 Å². The van der Waals surface area contributed by atoms with Gasteiger partial charge in [-0.25, -0.2) is 4.98 Å². The van der Waals surface area contributed by atoms with E-state index in [0.717, 1.165) is 18.3 Å². The van der Waals surface area contributed by atoms with Crippen LogP contribution in [-0.2, 0) is 6.18 Å². The standard InChI is InChI=1S/C18H15F3N4O3/c1-27-14-5-3-10(7-15(14)28-2)12-8-13(25-24-12)17(26)23-11-4-6-16(22-9-11)18(19,20)21/h3-9H,1-2H3,(H,23,26)(H,24,25). The Morgan fingerprint density at radius 1 is 1.07 bits per heavy atom. The van der Waals surface area contributed by atoms with Crippen LogP contribution in [0.4, 0.5) is 18.9 Å². The van der Waals surface area contributed by atoms with Crippen LogP contribution >= 0.6 is 0 Å². The molecule has 3 rings (SSSR count). The maximum Gasteiger partial charge on any atom is 0.433 e. The lowest BCUT2D eigenvalue weighted by molar-refractivity contribution is -0.141. The van der Waals surface area contributed by atoms with E-state index < -0.39 is 17.8 Å². The van der Waals surface area contributed by atoms with E-state index in [1.54, 1.807) is 18.2 Å². The Hall–Kier alpha value is -3.56. The van der Waals surface area contributed by atoms with Crippen molar-refractivity contribution in [3.8, 4) is 22.8 Å². The number of halogens is 3. The molecule has 0 radical (unpaired) electrons. The molecule has 0 fully saturated rings. The van der Waals surface area contributed by atoms with Crippen molar-refractivity contribution >= 4 is 11.6 Å². The number of nitrogens with zero attached hydrogens (tertiary/aromatic N) is 2. The second-order valence-corrected chi connectivity index (χ2v) is 5.62. The number of anilines is 1. The number of hydrogen-bond donors (Lipinski definition) is 2. The fourth-order valence-electron chi connectivity index (χ4n) is 2.42. The van der Waals surface area contributed by atoms with Crippen molar-refractivity contribution in [1.29, 1.82) is 0 Å². The molecule has 1 amide bonds. The van der Waals surface area contributed by atoms with Crippen LogP contribution in [0.1, 0.15) is 16.2 Å². The van der Waals surface area contributed by atoms with E-state index in [2.05, 4.69) is 20.5 Å². The van der Waals surface area contributed by atoms with E-state index in [1.165, 1.54) is 20.3 Å². The summed E-state index contributed by atoms with van der Waals surface area (Å²) < 4.78 is 48.0. The lowest BCUT2D eigenvalue weighted by Gasteiger charge is -2.08. The zero-order valence-corrected chi connectivity index (χ0v) is 14.8. The lowest BCUT2D eigenvalue weighted by atomic mass is 10.1. The normalized spacial score (nSPS) is 11.2. The maximum absolute atomic E-state index is 12.5. The predicted molar refractivity (Wildman–Crippen MR) is 94.3 cm³/mol. The molecule has 3 aromatic rings. The Morgan fingerprint density at radius 3 is 2.43 bits per heavy atom. The molecule has 0 aliphatic heterocycles. The number of hydrogen-bond acceptors (Lipinski definition) is 5. The number of amides is 1. The zero-order valence-electron chi connectivity index (χ0n) is 14.8. The summed E-state index contributed by atoms with van der Waals surface area (Å²) in [7, 11) is 3.02. The summed E-state index contributed by atoms with van der Waals surface area (Å²) in [5.74, 6) is 0.486. The van der Waals surface area contributed by atoms with E-state index in [0.29, 0.717) is 22.8 Å². The predicted octanol–water partition coefficient (Wildman–Crippen LogP) is 3.76. The molecule has 1 aromatic carbocycles. The van der Waals surface area contributed by atoms with Crippen LogP contribution in [0.5, 0.6) is 11.5 Å². The second-order valence-electron chi connectivity index (χ2n) is 5.62. The van der Waals surface area contributed by atoms with Crippen molar-refractivity contribution in [1.82, 2.24) is 15.2 Å². The molecule has 0 atom stereocenters. The van der Waals surface area contributed by atoms with Gasteiger partial charge in [-0.15, -0.1) is 0 Å². The lowest BCUT2D eigenvalue weighted by Crippen LogP contribution is -2.13. The van der Waals surface area contributed by atoms with Crippen LogP contribution < -0.4 is 14.8 Å². The highest BCUT2D eigenvalue weighted by Gasteiger charge is 2.32.